The first-order chi connectivity index (χ1) is 5.79. The van der Waals surface area contributed by atoms with Gasteiger partial charge in [-0.2, -0.15) is 0 Å². The van der Waals surface area contributed by atoms with E-state index >= 15 is 0 Å². The molecule has 0 fully saturated rings. The molecule has 1 aliphatic rings. The topological polar surface area (TPSA) is 13.1 Å². The molecule has 0 atom stereocenters. The van der Waals surface area contributed by atoms with E-state index in [0.29, 0.717) is 0 Å². The monoisotopic (exact) mass is 226 g/mol. The summed E-state index contributed by atoms with van der Waals surface area (Å²) in [6.45, 7) is 2.21. The lowest BCUT2D eigenvalue weighted by Gasteiger charge is -1.95. The van der Waals surface area contributed by atoms with Crippen LogP contribution in [0.3, 0.4) is 0 Å². The van der Waals surface area contributed by atoms with Gasteiger partial charge in [0.25, 0.3) is 0 Å². The van der Waals surface area contributed by atoms with E-state index in [2.05, 4.69) is 28.9 Å². The molecule has 0 bridgehead atoms. The van der Waals surface area contributed by atoms with Gasteiger partial charge in [0.15, 0.2) is 4.67 Å². The average molecular weight is 227 g/mol. The van der Waals surface area contributed by atoms with Crippen molar-refractivity contribution < 1.29 is 4.42 Å². The van der Waals surface area contributed by atoms with Crippen molar-refractivity contribution in [2.24, 2.45) is 0 Å². The molecule has 0 aliphatic heterocycles. The van der Waals surface area contributed by atoms with Gasteiger partial charge < -0.3 is 4.42 Å². The minimum Gasteiger partial charge on any atom is -0.453 e. The van der Waals surface area contributed by atoms with Crippen LogP contribution in [0.4, 0.5) is 0 Å². The Morgan fingerprint density at radius 3 is 3.08 bits per heavy atom. The molecule has 1 aromatic rings. The van der Waals surface area contributed by atoms with Gasteiger partial charge in [-0.05, 0) is 28.4 Å². The molecule has 1 nitrogen and oxygen atoms in total. The predicted molar refractivity (Wildman–Crippen MR) is 53.0 cm³/mol. The minimum atomic E-state index is 0.847. The Balaban J connectivity index is 2.21. The molecule has 0 unspecified atom stereocenters. The average Bonchev–Trinajstić information content (AvgIpc) is 2.44. The number of hydrogen-bond acceptors (Lipinski definition) is 1. The second kappa shape index (κ2) is 3.09. The van der Waals surface area contributed by atoms with Crippen molar-refractivity contribution in [3.05, 3.63) is 27.6 Å². The van der Waals surface area contributed by atoms with Crippen LogP contribution in [0.1, 0.15) is 31.1 Å². The van der Waals surface area contributed by atoms with Crippen molar-refractivity contribution in [2.45, 2.75) is 26.2 Å². The highest BCUT2D eigenvalue weighted by atomic mass is 79.9. The van der Waals surface area contributed by atoms with Crippen LogP contribution in [0.25, 0.3) is 6.08 Å². The van der Waals surface area contributed by atoms with Crippen molar-refractivity contribution in [1.82, 2.24) is 0 Å². The minimum absolute atomic E-state index is 0.847. The molecule has 1 aliphatic carbocycles. The lowest BCUT2D eigenvalue weighted by molar-refractivity contribution is 0.497. The summed E-state index contributed by atoms with van der Waals surface area (Å²) >= 11 is 3.32. The molecular weight excluding hydrogens is 216 g/mol. The second-order valence-corrected chi connectivity index (χ2v) is 3.94. The third kappa shape index (κ3) is 1.36. The predicted octanol–water partition coefficient (Wildman–Crippen LogP) is 3.78. The van der Waals surface area contributed by atoms with Gasteiger partial charge in [-0.15, -0.1) is 0 Å². The molecule has 0 amide bonds. The molecule has 0 saturated carbocycles. The van der Waals surface area contributed by atoms with Crippen LogP contribution in [0.2, 0.25) is 0 Å². The van der Waals surface area contributed by atoms with Gasteiger partial charge in [0.05, 0.1) is 0 Å². The fourth-order valence-electron chi connectivity index (χ4n) is 1.63. The summed E-state index contributed by atoms with van der Waals surface area (Å²) in [7, 11) is 0. The van der Waals surface area contributed by atoms with Gasteiger partial charge in [0.1, 0.15) is 5.76 Å². The third-order valence-corrected chi connectivity index (χ3v) is 2.52. The zero-order chi connectivity index (χ0) is 8.55. The van der Waals surface area contributed by atoms with Gasteiger partial charge in [-0.3, -0.25) is 0 Å². The molecule has 0 radical (unpaired) electrons. The van der Waals surface area contributed by atoms with Crippen LogP contribution in [0.5, 0.6) is 0 Å². The van der Waals surface area contributed by atoms with Crippen LogP contribution >= 0.6 is 15.9 Å². The van der Waals surface area contributed by atoms with Gasteiger partial charge in [0, 0.05) is 12.0 Å². The first-order valence-corrected chi connectivity index (χ1v) is 5.06. The maximum atomic E-state index is 5.47. The van der Waals surface area contributed by atoms with Crippen molar-refractivity contribution in [1.29, 1.82) is 0 Å². The number of rotatable bonds is 2. The Labute approximate surface area is 80.6 Å². The second-order valence-electron chi connectivity index (χ2n) is 3.16. The SMILES string of the molecule is CCCC1=Cc2cc(Br)oc2C1. The summed E-state index contributed by atoms with van der Waals surface area (Å²) in [6.07, 6.45) is 5.67. The Hall–Kier alpha value is -0.500. The zero-order valence-corrected chi connectivity index (χ0v) is 8.65. The molecular formula is C10H11BrO. The van der Waals surface area contributed by atoms with Gasteiger partial charge in [-0.25, -0.2) is 0 Å². The van der Waals surface area contributed by atoms with Crippen molar-refractivity contribution >= 4 is 22.0 Å². The largest absolute Gasteiger partial charge is 0.453 e. The van der Waals surface area contributed by atoms with E-state index in [1.165, 1.54) is 24.0 Å². The lowest BCUT2D eigenvalue weighted by Crippen LogP contribution is -1.81. The number of fused-ring (bicyclic) bond motifs is 1. The molecule has 2 rings (SSSR count). The molecule has 0 spiro atoms. The third-order valence-electron chi connectivity index (χ3n) is 2.13. The molecule has 12 heavy (non-hydrogen) atoms. The summed E-state index contributed by atoms with van der Waals surface area (Å²) in [4.78, 5) is 0. The smallest absolute Gasteiger partial charge is 0.170 e. The number of halogens is 1. The Morgan fingerprint density at radius 2 is 2.42 bits per heavy atom. The van der Waals surface area contributed by atoms with Crippen molar-refractivity contribution in [3.8, 4) is 0 Å². The van der Waals surface area contributed by atoms with E-state index < -0.39 is 0 Å². The van der Waals surface area contributed by atoms with Crippen LogP contribution in [0, 0.1) is 0 Å². The van der Waals surface area contributed by atoms with Crippen molar-refractivity contribution in [3.63, 3.8) is 0 Å². The number of hydrogen-bond donors (Lipinski definition) is 0. The Kier molecular flexibility index (Phi) is 2.09. The van der Waals surface area contributed by atoms with E-state index in [4.69, 9.17) is 4.42 Å². The maximum absolute atomic E-state index is 5.47. The van der Waals surface area contributed by atoms with E-state index in [1.807, 2.05) is 6.07 Å². The first-order valence-electron chi connectivity index (χ1n) is 4.27. The van der Waals surface area contributed by atoms with Gasteiger partial charge >= 0.3 is 0 Å². The quantitative estimate of drug-likeness (QED) is 0.749. The van der Waals surface area contributed by atoms with Crippen LogP contribution < -0.4 is 0 Å². The van der Waals surface area contributed by atoms with E-state index in [1.54, 1.807) is 0 Å². The van der Waals surface area contributed by atoms with E-state index in [0.717, 1.165) is 16.9 Å². The fourth-order valence-corrected chi connectivity index (χ4v) is 2.07. The molecule has 64 valence electrons. The summed E-state index contributed by atoms with van der Waals surface area (Å²) in [5, 5.41) is 0. The Morgan fingerprint density at radius 1 is 1.58 bits per heavy atom. The van der Waals surface area contributed by atoms with Gasteiger partial charge in [-0.1, -0.05) is 25.0 Å². The van der Waals surface area contributed by atoms with Crippen LogP contribution in [-0.2, 0) is 6.42 Å². The highest BCUT2D eigenvalue weighted by molar-refractivity contribution is 9.10. The first kappa shape index (κ1) is 8.11. The van der Waals surface area contributed by atoms with E-state index in [-0.39, 0.29) is 0 Å². The highest BCUT2D eigenvalue weighted by Crippen LogP contribution is 2.31. The Bertz CT molecular complexity index is 323. The summed E-state index contributed by atoms with van der Waals surface area (Å²) in [6, 6.07) is 2.04. The summed E-state index contributed by atoms with van der Waals surface area (Å²) in [5.41, 5.74) is 2.75. The number of furan rings is 1. The highest BCUT2D eigenvalue weighted by Gasteiger charge is 2.16. The van der Waals surface area contributed by atoms with Crippen LogP contribution in [0.15, 0.2) is 20.7 Å². The van der Waals surface area contributed by atoms with E-state index in [9.17, 15) is 0 Å². The molecule has 0 saturated heterocycles. The zero-order valence-electron chi connectivity index (χ0n) is 7.06. The fraction of sp³-hybridized carbons (Fsp3) is 0.400. The standard InChI is InChI=1S/C10H11BrO/c1-2-3-7-4-8-6-10(11)12-9(8)5-7/h4,6H,2-3,5H2,1H3. The van der Waals surface area contributed by atoms with Gasteiger partial charge in [0.2, 0.25) is 0 Å². The summed E-state index contributed by atoms with van der Waals surface area (Å²) < 4.78 is 6.31. The molecule has 2 heteroatoms. The van der Waals surface area contributed by atoms with Crippen molar-refractivity contribution in [2.75, 3.05) is 0 Å². The molecule has 0 N–H and O–H groups in total. The maximum Gasteiger partial charge on any atom is 0.170 e. The lowest BCUT2D eigenvalue weighted by atomic mass is 10.1. The normalized spacial score (nSPS) is 14.7. The molecule has 1 aromatic heterocycles. The molecule has 1 heterocycles. The van der Waals surface area contributed by atoms with Crippen LogP contribution in [-0.4, -0.2) is 0 Å². The number of allylic oxidation sites excluding steroid dienone is 1. The molecule has 0 aromatic carbocycles. The summed E-state index contributed by atoms with van der Waals surface area (Å²) in [5.74, 6) is 1.12.